The molecule has 16 heavy (non-hydrogen) atoms. The Bertz CT molecular complexity index is 546. The number of carbonyl (C=O) groups excluding carboxylic acids is 1. The number of carbonyl (C=O) groups is 1. The molecule has 0 radical (unpaired) electrons. The van der Waals surface area contributed by atoms with E-state index in [-0.39, 0.29) is 16.3 Å². The van der Waals surface area contributed by atoms with Gasteiger partial charge in [0.05, 0.1) is 11.8 Å². The van der Waals surface area contributed by atoms with Gasteiger partial charge in [0.2, 0.25) is 5.78 Å². The first-order valence-electron chi connectivity index (χ1n) is 4.63. The number of hydrogen-bond donors (Lipinski definition) is 0. The van der Waals surface area contributed by atoms with E-state index in [1.54, 1.807) is 13.0 Å². The first-order chi connectivity index (χ1) is 7.59. The van der Waals surface area contributed by atoms with Crippen molar-refractivity contribution < 1.29 is 13.6 Å². The van der Waals surface area contributed by atoms with Crippen molar-refractivity contribution in [3.63, 3.8) is 0 Å². The summed E-state index contributed by atoms with van der Waals surface area (Å²) < 4.78 is 18.5. The van der Waals surface area contributed by atoms with E-state index >= 15 is 0 Å². The molecule has 0 N–H and O–H groups in total. The lowest BCUT2D eigenvalue weighted by molar-refractivity contribution is 0.100. The Kier molecular flexibility index (Phi) is 2.79. The van der Waals surface area contributed by atoms with E-state index in [2.05, 4.69) is 0 Å². The SMILES string of the molecule is Cc1ccoc1C(=O)c1ccc(Cl)cc1F. The van der Waals surface area contributed by atoms with E-state index in [0.717, 1.165) is 6.07 Å². The molecule has 0 aliphatic carbocycles. The fourth-order valence-electron chi connectivity index (χ4n) is 1.40. The van der Waals surface area contributed by atoms with Crippen LogP contribution >= 0.6 is 11.6 Å². The highest BCUT2D eigenvalue weighted by molar-refractivity contribution is 6.30. The highest BCUT2D eigenvalue weighted by atomic mass is 35.5. The summed E-state index contributed by atoms with van der Waals surface area (Å²) in [5, 5.41) is 0.255. The molecule has 0 fully saturated rings. The maximum atomic E-state index is 13.5. The zero-order valence-corrected chi connectivity index (χ0v) is 9.22. The Morgan fingerprint density at radius 2 is 2.12 bits per heavy atom. The molecule has 0 spiro atoms. The molecule has 0 unspecified atom stereocenters. The van der Waals surface area contributed by atoms with E-state index in [9.17, 15) is 9.18 Å². The van der Waals surface area contributed by atoms with Gasteiger partial charge >= 0.3 is 0 Å². The molecule has 0 atom stereocenters. The molecular formula is C12H8ClFO2. The molecule has 0 aliphatic heterocycles. The summed E-state index contributed by atoms with van der Waals surface area (Å²) in [6.07, 6.45) is 1.40. The van der Waals surface area contributed by atoms with Gasteiger partial charge in [-0.2, -0.15) is 0 Å². The maximum Gasteiger partial charge on any atom is 0.231 e. The van der Waals surface area contributed by atoms with Crippen LogP contribution in [0.15, 0.2) is 34.9 Å². The molecule has 0 saturated heterocycles. The first kappa shape index (κ1) is 10.9. The zero-order chi connectivity index (χ0) is 11.7. The van der Waals surface area contributed by atoms with Gasteiger partial charge in [0, 0.05) is 5.02 Å². The lowest BCUT2D eigenvalue weighted by atomic mass is 10.1. The summed E-state index contributed by atoms with van der Waals surface area (Å²) in [5.41, 5.74) is 0.641. The van der Waals surface area contributed by atoms with Crippen LogP contribution < -0.4 is 0 Å². The summed E-state index contributed by atoms with van der Waals surface area (Å²) in [6, 6.07) is 5.58. The summed E-state index contributed by atoms with van der Waals surface area (Å²) in [4.78, 5) is 11.9. The fraction of sp³-hybridized carbons (Fsp3) is 0.0833. The zero-order valence-electron chi connectivity index (χ0n) is 8.46. The van der Waals surface area contributed by atoms with Crippen molar-refractivity contribution in [2.24, 2.45) is 0 Å². The molecule has 1 heterocycles. The lowest BCUT2D eigenvalue weighted by Gasteiger charge is -2.01. The molecule has 0 aliphatic rings. The predicted molar refractivity (Wildman–Crippen MR) is 58.3 cm³/mol. The third kappa shape index (κ3) is 1.86. The average Bonchev–Trinajstić information content (AvgIpc) is 2.63. The molecule has 2 rings (SSSR count). The van der Waals surface area contributed by atoms with Crippen molar-refractivity contribution in [1.29, 1.82) is 0 Å². The number of rotatable bonds is 2. The molecule has 2 aromatic rings. The van der Waals surface area contributed by atoms with Crippen molar-refractivity contribution in [2.75, 3.05) is 0 Å². The van der Waals surface area contributed by atoms with E-state index in [1.807, 2.05) is 0 Å². The highest BCUT2D eigenvalue weighted by Gasteiger charge is 2.18. The van der Waals surface area contributed by atoms with Crippen molar-refractivity contribution in [3.05, 3.63) is 58.3 Å². The third-order valence-electron chi connectivity index (χ3n) is 2.24. The van der Waals surface area contributed by atoms with E-state index in [4.69, 9.17) is 16.0 Å². The summed E-state index contributed by atoms with van der Waals surface area (Å²) in [6.45, 7) is 1.73. The van der Waals surface area contributed by atoms with Gasteiger partial charge in [-0.05, 0) is 36.8 Å². The molecular weight excluding hydrogens is 231 g/mol. The Hall–Kier alpha value is -1.61. The molecule has 1 aromatic heterocycles. The van der Waals surface area contributed by atoms with Gasteiger partial charge in [-0.1, -0.05) is 11.6 Å². The number of benzene rings is 1. The Labute approximate surface area is 96.6 Å². The Morgan fingerprint density at radius 3 is 2.69 bits per heavy atom. The molecule has 0 saturated carbocycles. The number of halogens is 2. The van der Waals surface area contributed by atoms with Crippen molar-refractivity contribution in [2.45, 2.75) is 6.92 Å². The third-order valence-corrected chi connectivity index (χ3v) is 2.48. The first-order valence-corrected chi connectivity index (χ1v) is 5.01. The second-order valence-corrected chi connectivity index (χ2v) is 3.82. The highest BCUT2D eigenvalue weighted by Crippen LogP contribution is 2.20. The molecule has 1 aromatic carbocycles. The van der Waals surface area contributed by atoms with Crippen LogP contribution in [0.4, 0.5) is 4.39 Å². The Morgan fingerprint density at radius 1 is 1.38 bits per heavy atom. The minimum Gasteiger partial charge on any atom is -0.461 e. The minimum atomic E-state index is -0.645. The monoisotopic (exact) mass is 238 g/mol. The van der Waals surface area contributed by atoms with Crippen LogP contribution in [0.3, 0.4) is 0 Å². The predicted octanol–water partition coefficient (Wildman–Crippen LogP) is 3.61. The van der Waals surface area contributed by atoms with Crippen LogP contribution in [-0.4, -0.2) is 5.78 Å². The molecule has 0 amide bonds. The summed E-state index contributed by atoms with van der Waals surface area (Å²) >= 11 is 5.60. The van der Waals surface area contributed by atoms with Crippen LogP contribution in [0.25, 0.3) is 0 Å². The smallest absolute Gasteiger partial charge is 0.231 e. The number of furan rings is 1. The van der Waals surface area contributed by atoms with Crippen LogP contribution in [0.2, 0.25) is 5.02 Å². The van der Waals surface area contributed by atoms with Gasteiger partial charge in [-0.25, -0.2) is 4.39 Å². The largest absolute Gasteiger partial charge is 0.461 e. The topological polar surface area (TPSA) is 30.2 Å². The summed E-state index contributed by atoms with van der Waals surface area (Å²) in [5.74, 6) is -0.966. The standard InChI is InChI=1S/C12H8ClFO2/c1-7-4-5-16-12(7)11(15)9-3-2-8(13)6-10(9)14/h2-6H,1H3. The van der Waals surface area contributed by atoms with Gasteiger partial charge in [0.1, 0.15) is 5.82 Å². The van der Waals surface area contributed by atoms with Crippen LogP contribution in [-0.2, 0) is 0 Å². The normalized spacial score (nSPS) is 10.4. The van der Waals surface area contributed by atoms with Crippen LogP contribution in [0.5, 0.6) is 0 Å². The quantitative estimate of drug-likeness (QED) is 0.748. The van der Waals surface area contributed by atoms with E-state index < -0.39 is 11.6 Å². The van der Waals surface area contributed by atoms with Gasteiger partial charge in [-0.3, -0.25) is 4.79 Å². The van der Waals surface area contributed by atoms with Gasteiger partial charge in [0.15, 0.2) is 5.76 Å². The number of hydrogen-bond acceptors (Lipinski definition) is 2. The van der Waals surface area contributed by atoms with Gasteiger partial charge in [-0.15, -0.1) is 0 Å². The minimum absolute atomic E-state index is 0.0394. The number of aryl methyl sites for hydroxylation is 1. The van der Waals surface area contributed by atoms with E-state index in [1.165, 1.54) is 18.4 Å². The molecule has 2 nitrogen and oxygen atoms in total. The van der Waals surface area contributed by atoms with Gasteiger partial charge in [0.25, 0.3) is 0 Å². The maximum absolute atomic E-state index is 13.5. The van der Waals surface area contributed by atoms with Crippen molar-refractivity contribution in [3.8, 4) is 0 Å². The fourth-order valence-corrected chi connectivity index (χ4v) is 1.56. The molecule has 0 bridgehead atoms. The second kappa shape index (κ2) is 4.10. The van der Waals surface area contributed by atoms with Crippen molar-refractivity contribution in [1.82, 2.24) is 0 Å². The van der Waals surface area contributed by atoms with E-state index in [0.29, 0.717) is 5.56 Å². The number of ketones is 1. The lowest BCUT2D eigenvalue weighted by Crippen LogP contribution is -2.04. The Balaban J connectivity index is 2.46. The molecule has 82 valence electrons. The average molecular weight is 239 g/mol. The summed E-state index contributed by atoms with van der Waals surface area (Å²) in [7, 11) is 0. The second-order valence-electron chi connectivity index (χ2n) is 3.39. The van der Waals surface area contributed by atoms with Crippen LogP contribution in [0.1, 0.15) is 21.7 Å². The van der Waals surface area contributed by atoms with Crippen LogP contribution in [0, 0.1) is 12.7 Å². The molecule has 4 heteroatoms. The van der Waals surface area contributed by atoms with Crippen molar-refractivity contribution >= 4 is 17.4 Å². The van der Waals surface area contributed by atoms with Gasteiger partial charge < -0.3 is 4.42 Å².